The number of aromatic nitrogens is 1. The fraction of sp³-hybridized carbons (Fsp3) is 0.200. The third-order valence-corrected chi connectivity index (χ3v) is 3.25. The molecule has 2 rings (SSSR count). The zero-order chi connectivity index (χ0) is 15.4. The second-order valence-corrected chi connectivity index (χ2v) is 4.65. The Morgan fingerprint density at radius 2 is 2.10 bits per heavy atom. The first-order chi connectivity index (χ1) is 10.0. The van der Waals surface area contributed by atoms with Gasteiger partial charge in [-0.15, -0.1) is 0 Å². The highest BCUT2D eigenvalue weighted by atomic mass is 16.5. The number of hydrogen-bond acceptors (Lipinski definition) is 4. The summed E-state index contributed by atoms with van der Waals surface area (Å²) in [6.45, 7) is 2.22. The first kappa shape index (κ1) is 14.6. The number of nitrogen functional groups attached to an aromatic ring is 1. The molecule has 21 heavy (non-hydrogen) atoms. The van der Waals surface area contributed by atoms with E-state index in [1.807, 2.05) is 25.1 Å². The van der Waals surface area contributed by atoms with Crippen LogP contribution in [0.1, 0.15) is 11.1 Å². The van der Waals surface area contributed by atoms with Gasteiger partial charge >= 0.3 is 6.03 Å². The van der Waals surface area contributed by atoms with Gasteiger partial charge in [0.1, 0.15) is 6.61 Å². The van der Waals surface area contributed by atoms with Gasteiger partial charge in [0, 0.05) is 18.8 Å². The Balaban J connectivity index is 2.27. The Hall–Kier alpha value is -2.76. The van der Waals surface area contributed by atoms with E-state index in [0.717, 1.165) is 11.1 Å². The van der Waals surface area contributed by atoms with Gasteiger partial charge in [-0.05, 0) is 30.7 Å². The van der Waals surface area contributed by atoms with Crippen molar-refractivity contribution in [1.29, 1.82) is 0 Å². The van der Waals surface area contributed by atoms with Gasteiger partial charge in [0.2, 0.25) is 0 Å². The maximum absolute atomic E-state index is 11.4. The van der Waals surface area contributed by atoms with Crippen LogP contribution in [0.4, 0.5) is 16.3 Å². The first-order valence-corrected chi connectivity index (χ1v) is 6.45. The number of nitrogens with two attached hydrogens (primary N) is 2. The normalized spacial score (nSPS) is 10.2. The molecule has 0 radical (unpaired) electrons. The fourth-order valence-corrected chi connectivity index (χ4v) is 1.98. The van der Waals surface area contributed by atoms with Gasteiger partial charge in [0.05, 0.1) is 5.69 Å². The summed E-state index contributed by atoms with van der Waals surface area (Å²) < 4.78 is 5.71. The standard InChI is InChI=1S/C15H18N4O2/c1-10-5-3-6-12(19(2)15(17)20)11(10)9-21-13-7-4-8-18-14(13)16/h3-8H,9H2,1-2H3,(H2,16,18)(H2,17,20). The number of ether oxygens (including phenoxy) is 1. The second-order valence-electron chi connectivity index (χ2n) is 4.65. The third-order valence-electron chi connectivity index (χ3n) is 3.25. The van der Waals surface area contributed by atoms with Crippen molar-refractivity contribution in [2.24, 2.45) is 5.73 Å². The van der Waals surface area contributed by atoms with E-state index in [0.29, 0.717) is 17.3 Å². The number of urea groups is 1. The van der Waals surface area contributed by atoms with Crippen molar-refractivity contribution in [1.82, 2.24) is 4.98 Å². The zero-order valence-corrected chi connectivity index (χ0v) is 12.0. The van der Waals surface area contributed by atoms with E-state index < -0.39 is 6.03 Å². The van der Waals surface area contributed by atoms with Gasteiger partial charge in [-0.1, -0.05) is 12.1 Å². The smallest absolute Gasteiger partial charge is 0.319 e. The molecule has 0 saturated carbocycles. The number of pyridine rings is 1. The van der Waals surface area contributed by atoms with Gasteiger partial charge in [-0.2, -0.15) is 0 Å². The van der Waals surface area contributed by atoms with Crippen LogP contribution in [0.15, 0.2) is 36.5 Å². The molecule has 0 atom stereocenters. The average Bonchev–Trinajstić information content (AvgIpc) is 2.46. The molecule has 0 aliphatic heterocycles. The van der Waals surface area contributed by atoms with Crippen molar-refractivity contribution >= 4 is 17.5 Å². The minimum absolute atomic E-state index is 0.273. The number of nitrogens with zero attached hydrogens (tertiary/aromatic N) is 2. The molecule has 0 fully saturated rings. The van der Waals surface area contributed by atoms with Gasteiger partial charge in [-0.3, -0.25) is 4.90 Å². The molecule has 2 aromatic rings. The molecule has 2 amide bonds. The number of rotatable bonds is 4. The van der Waals surface area contributed by atoms with Crippen molar-refractivity contribution in [3.05, 3.63) is 47.7 Å². The topological polar surface area (TPSA) is 94.5 Å². The minimum Gasteiger partial charge on any atom is -0.485 e. The molecular weight excluding hydrogens is 268 g/mol. The van der Waals surface area contributed by atoms with Crippen LogP contribution in [0.2, 0.25) is 0 Å². The number of aryl methyl sites for hydroxylation is 1. The fourth-order valence-electron chi connectivity index (χ4n) is 1.98. The summed E-state index contributed by atoms with van der Waals surface area (Å²) in [6, 6.07) is 8.61. The quantitative estimate of drug-likeness (QED) is 0.899. The number of hydrogen-bond donors (Lipinski definition) is 2. The minimum atomic E-state index is -0.525. The molecule has 1 aromatic heterocycles. The first-order valence-electron chi connectivity index (χ1n) is 6.45. The Kier molecular flexibility index (Phi) is 4.27. The van der Waals surface area contributed by atoms with Crippen molar-refractivity contribution in [3.63, 3.8) is 0 Å². The summed E-state index contributed by atoms with van der Waals surface area (Å²) in [7, 11) is 1.62. The highest BCUT2D eigenvalue weighted by Crippen LogP contribution is 2.26. The van der Waals surface area contributed by atoms with Crippen molar-refractivity contribution in [2.45, 2.75) is 13.5 Å². The number of amides is 2. The number of anilines is 2. The summed E-state index contributed by atoms with van der Waals surface area (Å²) in [5.41, 5.74) is 13.7. The van der Waals surface area contributed by atoms with Gasteiger partial charge in [-0.25, -0.2) is 9.78 Å². The largest absolute Gasteiger partial charge is 0.485 e. The van der Waals surface area contributed by atoms with Crippen LogP contribution in [-0.2, 0) is 6.61 Å². The molecule has 6 nitrogen and oxygen atoms in total. The molecule has 0 unspecified atom stereocenters. The highest BCUT2D eigenvalue weighted by molar-refractivity contribution is 5.91. The summed E-state index contributed by atoms with van der Waals surface area (Å²) >= 11 is 0. The van der Waals surface area contributed by atoms with E-state index in [1.165, 1.54) is 4.90 Å². The summed E-state index contributed by atoms with van der Waals surface area (Å²) in [6.07, 6.45) is 1.60. The lowest BCUT2D eigenvalue weighted by Crippen LogP contribution is -2.32. The van der Waals surface area contributed by atoms with E-state index >= 15 is 0 Å². The Bertz CT molecular complexity index is 658. The lowest BCUT2D eigenvalue weighted by atomic mass is 10.1. The molecule has 0 bridgehead atoms. The van der Waals surface area contributed by atoms with E-state index in [2.05, 4.69) is 4.98 Å². The van der Waals surface area contributed by atoms with Crippen LogP contribution in [0.3, 0.4) is 0 Å². The van der Waals surface area contributed by atoms with Gasteiger partial charge < -0.3 is 16.2 Å². The monoisotopic (exact) mass is 286 g/mol. The molecule has 4 N–H and O–H groups in total. The SMILES string of the molecule is Cc1cccc(N(C)C(N)=O)c1COc1cccnc1N. The molecule has 0 aliphatic carbocycles. The van der Waals surface area contributed by atoms with Gasteiger partial charge in [0.15, 0.2) is 11.6 Å². The van der Waals surface area contributed by atoms with Crippen molar-refractivity contribution in [3.8, 4) is 5.75 Å². The summed E-state index contributed by atoms with van der Waals surface area (Å²) in [5, 5.41) is 0. The van der Waals surface area contributed by atoms with E-state index in [9.17, 15) is 4.79 Å². The van der Waals surface area contributed by atoms with Crippen LogP contribution in [-0.4, -0.2) is 18.1 Å². The van der Waals surface area contributed by atoms with Crippen LogP contribution in [0.5, 0.6) is 5.75 Å². The molecule has 0 spiro atoms. The lowest BCUT2D eigenvalue weighted by molar-refractivity contribution is 0.255. The summed E-state index contributed by atoms with van der Waals surface area (Å²) in [4.78, 5) is 16.7. The third kappa shape index (κ3) is 3.22. The van der Waals surface area contributed by atoms with E-state index in [-0.39, 0.29) is 6.61 Å². The molecule has 0 saturated heterocycles. The molecule has 110 valence electrons. The number of carbonyl (C=O) groups excluding carboxylic acids is 1. The van der Waals surface area contributed by atoms with E-state index in [4.69, 9.17) is 16.2 Å². The molecule has 6 heteroatoms. The maximum atomic E-state index is 11.4. The second kappa shape index (κ2) is 6.13. The molecule has 0 aliphatic rings. The average molecular weight is 286 g/mol. The zero-order valence-electron chi connectivity index (χ0n) is 12.0. The molecular formula is C15H18N4O2. The number of carbonyl (C=O) groups is 1. The Morgan fingerprint density at radius 3 is 2.76 bits per heavy atom. The molecule has 1 heterocycles. The van der Waals surface area contributed by atoms with Crippen LogP contribution < -0.4 is 21.1 Å². The van der Waals surface area contributed by atoms with Crippen LogP contribution in [0, 0.1) is 6.92 Å². The van der Waals surface area contributed by atoms with Crippen LogP contribution >= 0.6 is 0 Å². The number of benzene rings is 1. The Morgan fingerprint density at radius 1 is 1.33 bits per heavy atom. The van der Waals surface area contributed by atoms with Crippen molar-refractivity contribution in [2.75, 3.05) is 17.7 Å². The summed E-state index contributed by atoms with van der Waals surface area (Å²) in [5.74, 6) is 0.837. The molecule has 1 aromatic carbocycles. The maximum Gasteiger partial charge on any atom is 0.319 e. The van der Waals surface area contributed by atoms with Crippen molar-refractivity contribution < 1.29 is 9.53 Å². The highest BCUT2D eigenvalue weighted by Gasteiger charge is 2.14. The predicted molar refractivity (Wildman–Crippen MR) is 82.1 cm³/mol. The van der Waals surface area contributed by atoms with E-state index in [1.54, 1.807) is 25.4 Å². The lowest BCUT2D eigenvalue weighted by Gasteiger charge is -2.20. The predicted octanol–water partition coefficient (Wildman–Crippen LogP) is 2.07. The Labute approximate surface area is 123 Å². The number of primary amides is 1. The van der Waals surface area contributed by atoms with Gasteiger partial charge in [0.25, 0.3) is 0 Å². The van der Waals surface area contributed by atoms with Crippen LogP contribution in [0.25, 0.3) is 0 Å².